The van der Waals surface area contributed by atoms with E-state index in [1.54, 1.807) is 25.4 Å². The number of hydrogen-bond donors (Lipinski definition) is 2. The van der Waals surface area contributed by atoms with E-state index in [1.807, 2.05) is 48.7 Å². The Bertz CT molecular complexity index is 895. The van der Waals surface area contributed by atoms with Gasteiger partial charge in [-0.25, -0.2) is 0 Å². The Morgan fingerprint density at radius 2 is 1.96 bits per heavy atom. The Labute approximate surface area is 152 Å². The third kappa shape index (κ3) is 3.90. The van der Waals surface area contributed by atoms with Crippen LogP contribution < -0.4 is 15.8 Å². The molecule has 0 atom stereocenters. The number of rotatable bonds is 6. The number of pyridine rings is 1. The maximum atomic E-state index is 12.5. The van der Waals surface area contributed by atoms with Gasteiger partial charge in [0, 0.05) is 42.2 Å². The second kappa shape index (κ2) is 8.27. The van der Waals surface area contributed by atoms with Gasteiger partial charge in [0.05, 0.1) is 7.11 Å². The van der Waals surface area contributed by atoms with Crippen LogP contribution in [0.2, 0.25) is 0 Å². The fourth-order valence-corrected chi connectivity index (χ4v) is 2.81. The number of nitrogens with zero attached hydrogens (tertiary/aromatic N) is 1. The average molecular weight is 347 g/mol. The Morgan fingerprint density at radius 3 is 2.69 bits per heavy atom. The van der Waals surface area contributed by atoms with Gasteiger partial charge in [-0.3, -0.25) is 9.78 Å². The van der Waals surface area contributed by atoms with Gasteiger partial charge in [0.1, 0.15) is 5.75 Å². The minimum Gasteiger partial charge on any atom is -0.496 e. The summed E-state index contributed by atoms with van der Waals surface area (Å²) in [6, 6.07) is 17.2. The fraction of sp³-hybridized carbons (Fsp3) is 0.143. The summed E-state index contributed by atoms with van der Waals surface area (Å²) < 4.78 is 5.30. The molecule has 0 aliphatic rings. The Kier molecular flexibility index (Phi) is 5.61. The highest BCUT2D eigenvalue weighted by Gasteiger charge is 2.11. The molecular formula is C21H21N3O2. The molecule has 0 unspecified atom stereocenters. The first-order valence-corrected chi connectivity index (χ1v) is 8.36. The van der Waals surface area contributed by atoms with Gasteiger partial charge in [-0.05, 0) is 29.3 Å². The number of hydrogen-bond acceptors (Lipinski definition) is 4. The highest BCUT2D eigenvalue weighted by atomic mass is 16.5. The first-order chi connectivity index (χ1) is 12.7. The molecule has 0 fully saturated rings. The molecule has 0 aliphatic carbocycles. The van der Waals surface area contributed by atoms with E-state index in [0.29, 0.717) is 24.4 Å². The Hall–Kier alpha value is -3.18. The maximum Gasteiger partial charge on any atom is 0.251 e. The van der Waals surface area contributed by atoms with Crippen LogP contribution in [0.25, 0.3) is 11.1 Å². The van der Waals surface area contributed by atoms with Crippen LogP contribution in [0.5, 0.6) is 5.75 Å². The molecule has 5 nitrogen and oxygen atoms in total. The van der Waals surface area contributed by atoms with Gasteiger partial charge in [0.15, 0.2) is 0 Å². The summed E-state index contributed by atoms with van der Waals surface area (Å²) >= 11 is 0. The summed E-state index contributed by atoms with van der Waals surface area (Å²) in [5.41, 5.74) is 10.2. The molecule has 0 spiro atoms. The normalized spacial score (nSPS) is 10.4. The van der Waals surface area contributed by atoms with Crippen molar-refractivity contribution in [2.45, 2.75) is 13.1 Å². The molecule has 3 aromatic rings. The Morgan fingerprint density at radius 1 is 1.12 bits per heavy atom. The highest BCUT2D eigenvalue weighted by Crippen LogP contribution is 2.23. The molecule has 3 rings (SSSR count). The van der Waals surface area contributed by atoms with Crippen molar-refractivity contribution >= 4 is 5.91 Å². The van der Waals surface area contributed by atoms with Crippen molar-refractivity contribution in [3.05, 3.63) is 83.7 Å². The van der Waals surface area contributed by atoms with Crippen LogP contribution in [0.4, 0.5) is 0 Å². The summed E-state index contributed by atoms with van der Waals surface area (Å²) in [5, 5.41) is 2.97. The standard InChI is InChI=1S/C21H21N3O2/c1-26-20-11-15(8-9-16(20)12-22)21(25)24-14-18-5-2-3-7-19(18)17-6-4-10-23-13-17/h2-11,13H,12,14,22H2,1H3,(H,24,25). The summed E-state index contributed by atoms with van der Waals surface area (Å²) in [6.45, 7) is 0.786. The van der Waals surface area contributed by atoms with Crippen LogP contribution in [-0.4, -0.2) is 18.0 Å². The molecule has 132 valence electrons. The van der Waals surface area contributed by atoms with Crippen LogP contribution in [0, 0.1) is 0 Å². The predicted molar refractivity (Wildman–Crippen MR) is 102 cm³/mol. The number of methoxy groups -OCH3 is 1. The number of carbonyl (C=O) groups is 1. The zero-order valence-corrected chi connectivity index (χ0v) is 14.6. The van der Waals surface area contributed by atoms with Crippen LogP contribution in [0.1, 0.15) is 21.5 Å². The van der Waals surface area contributed by atoms with E-state index in [2.05, 4.69) is 10.3 Å². The molecule has 1 amide bonds. The summed E-state index contributed by atoms with van der Waals surface area (Å²) in [7, 11) is 1.57. The van der Waals surface area contributed by atoms with Gasteiger partial charge in [-0.2, -0.15) is 0 Å². The van der Waals surface area contributed by atoms with Gasteiger partial charge in [-0.1, -0.05) is 36.4 Å². The second-order valence-corrected chi connectivity index (χ2v) is 5.81. The number of benzene rings is 2. The lowest BCUT2D eigenvalue weighted by molar-refractivity contribution is 0.0950. The molecule has 2 aromatic carbocycles. The van der Waals surface area contributed by atoms with E-state index in [4.69, 9.17) is 10.5 Å². The molecule has 1 heterocycles. The number of ether oxygens (including phenoxy) is 1. The molecule has 1 aromatic heterocycles. The van der Waals surface area contributed by atoms with E-state index < -0.39 is 0 Å². The van der Waals surface area contributed by atoms with Gasteiger partial charge < -0.3 is 15.8 Å². The highest BCUT2D eigenvalue weighted by molar-refractivity contribution is 5.94. The number of nitrogens with one attached hydrogen (secondary N) is 1. The molecule has 0 saturated heterocycles. The Balaban J connectivity index is 1.77. The van der Waals surface area contributed by atoms with E-state index in [1.165, 1.54) is 0 Å². The summed E-state index contributed by atoms with van der Waals surface area (Å²) in [4.78, 5) is 16.7. The van der Waals surface area contributed by atoms with E-state index in [-0.39, 0.29) is 5.91 Å². The number of carbonyl (C=O) groups excluding carboxylic acids is 1. The van der Waals surface area contributed by atoms with E-state index >= 15 is 0 Å². The van der Waals surface area contributed by atoms with Crippen molar-refractivity contribution < 1.29 is 9.53 Å². The van der Waals surface area contributed by atoms with Crippen molar-refractivity contribution in [2.24, 2.45) is 5.73 Å². The lowest BCUT2D eigenvalue weighted by Crippen LogP contribution is -2.23. The number of aromatic nitrogens is 1. The smallest absolute Gasteiger partial charge is 0.251 e. The van der Waals surface area contributed by atoms with Crippen molar-refractivity contribution in [1.82, 2.24) is 10.3 Å². The van der Waals surface area contributed by atoms with Gasteiger partial charge >= 0.3 is 0 Å². The van der Waals surface area contributed by atoms with E-state index in [0.717, 1.165) is 22.3 Å². The lowest BCUT2D eigenvalue weighted by Gasteiger charge is -2.12. The molecular weight excluding hydrogens is 326 g/mol. The summed E-state index contributed by atoms with van der Waals surface area (Å²) in [5.74, 6) is 0.462. The van der Waals surface area contributed by atoms with Crippen LogP contribution in [0.3, 0.4) is 0 Å². The maximum absolute atomic E-state index is 12.5. The third-order valence-corrected chi connectivity index (χ3v) is 4.20. The second-order valence-electron chi connectivity index (χ2n) is 5.81. The predicted octanol–water partition coefficient (Wildman–Crippen LogP) is 3.15. The minimum atomic E-state index is -0.159. The van der Waals surface area contributed by atoms with Crippen molar-refractivity contribution in [1.29, 1.82) is 0 Å². The third-order valence-electron chi connectivity index (χ3n) is 4.20. The quantitative estimate of drug-likeness (QED) is 0.718. The summed E-state index contributed by atoms with van der Waals surface area (Å²) in [6.07, 6.45) is 3.56. The zero-order chi connectivity index (χ0) is 18.4. The average Bonchev–Trinajstić information content (AvgIpc) is 2.72. The molecule has 5 heteroatoms. The number of nitrogens with two attached hydrogens (primary N) is 1. The van der Waals surface area contributed by atoms with Gasteiger partial charge in [0.25, 0.3) is 5.91 Å². The van der Waals surface area contributed by atoms with Crippen molar-refractivity contribution in [2.75, 3.05) is 7.11 Å². The number of amides is 1. The van der Waals surface area contributed by atoms with Gasteiger partial charge in [-0.15, -0.1) is 0 Å². The molecule has 0 saturated carbocycles. The zero-order valence-electron chi connectivity index (χ0n) is 14.6. The molecule has 0 bridgehead atoms. The molecule has 0 aliphatic heterocycles. The largest absolute Gasteiger partial charge is 0.496 e. The monoisotopic (exact) mass is 347 g/mol. The SMILES string of the molecule is COc1cc(C(=O)NCc2ccccc2-c2cccnc2)ccc1CN. The van der Waals surface area contributed by atoms with Crippen molar-refractivity contribution in [3.8, 4) is 16.9 Å². The van der Waals surface area contributed by atoms with Crippen LogP contribution in [0.15, 0.2) is 67.0 Å². The van der Waals surface area contributed by atoms with Crippen LogP contribution in [-0.2, 0) is 13.1 Å². The first kappa shape index (κ1) is 17.6. The molecule has 26 heavy (non-hydrogen) atoms. The van der Waals surface area contributed by atoms with Crippen LogP contribution >= 0.6 is 0 Å². The molecule has 0 radical (unpaired) electrons. The lowest BCUT2D eigenvalue weighted by atomic mass is 10.0. The minimum absolute atomic E-state index is 0.159. The molecule has 3 N–H and O–H groups in total. The fourth-order valence-electron chi connectivity index (χ4n) is 2.81. The van der Waals surface area contributed by atoms with Gasteiger partial charge in [0.2, 0.25) is 0 Å². The first-order valence-electron chi connectivity index (χ1n) is 8.36. The topological polar surface area (TPSA) is 77.2 Å². The van der Waals surface area contributed by atoms with Crippen molar-refractivity contribution in [3.63, 3.8) is 0 Å². The van der Waals surface area contributed by atoms with E-state index in [9.17, 15) is 4.79 Å².